The summed E-state index contributed by atoms with van der Waals surface area (Å²) in [7, 11) is 1.33. The number of aromatic nitrogens is 1. The Morgan fingerprint density at radius 3 is 2.58 bits per heavy atom. The average molecular weight is 353 g/mol. The number of pyridine rings is 1. The molecule has 1 saturated heterocycles. The number of nitrogens with zero attached hydrogens (tertiary/aromatic N) is 2. The van der Waals surface area contributed by atoms with Crippen molar-refractivity contribution >= 4 is 23.3 Å². The lowest BCUT2D eigenvalue weighted by Gasteiger charge is -2.32. The van der Waals surface area contributed by atoms with E-state index in [-0.39, 0.29) is 5.91 Å². The molecule has 1 N–H and O–H groups in total. The number of benzene rings is 1. The second-order valence-electron chi connectivity index (χ2n) is 6.62. The van der Waals surface area contributed by atoms with Gasteiger partial charge >= 0.3 is 5.97 Å². The number of carbonyl (C=O) groups excluding carboxylic acids is 2. The highest BCUT2D eigenvalue weighted by Gasteiger charge is 2.17. The molecule has 2 aromatic rings. The maximum Gasteiger partial charge on any atom is 0.337 e. The highest BCUT2D eigenvalue weighted by atomic mass is 16.5. The minimum Gasteiger partial charge on any atom is -0.465 e. The smallest absolute Gasteiger partial charge is 0.337 e. The van der Waals surface area contributed by atoms with Gasteiger partial charge < -0.3 is 15.0 Å². The normalized spacial score (nSPS) is 16.8. The molecule has 0 radical (unpaired) electrons. The minimum atomic E-state index is -0.410. The first-order valence-electron chi connectivity index (χ1n) is 8.77. The molecule has 1 aromatic carbocycles. The zero-order valence-corrected chi connectivity index (χ0v) is 15.1. The molecule has 2 heterocycles. The number of carbonyl (C=O) groups is 2. The van der Waals surface area contributed by atoms with Crippen molar-refractivity contribution < 1.29 is 14.3 Å². The Hall–Kier alpha value is -2.89. The maximum atomic E-state index is 12.3. The van der Waals surface area contributed by atoms with Crippen LogP contribution in [-0.2, 0) is 4.74 Å². The molecule has 1 aliphatic rings. The van der Waals surface area contributed by atoms with Crippen LogP contribution < -0.4 is 10.2 Å². The lowest BCUT2D eigenvalue weighted by molar-refractivity contribution is 0.0600. The largest absolute Gasteiger partial charge is 0.465 e. The summed E-state index contributed by atoms with van der Waals surface area (Å²) in [6, 6.07) is 10.2. The van der Waals surface area contributed by atoms with Crippen LogP contribution in [0.5, 0.6) is 0 Å². The number of nitrogens with one attached hydrogen (secondary N) is 1. The van der Waals surface area contributed by atoms with Crippen LogP contribution in [0.2, 0.25) is 0 Å². The first-order valence-corrected chi connectivity index (χ1v) is 8.77. The molecular formula is C20H23N3O3. The van der Waals surface area contributed by atoms with E-state index in [4.69, 9.17) is 0 Å². The van der Waals surface area contributed by atoms with Gasteiger partial charge in [-0.3, -0.25) is 4.79 Å². The molecule has 3 rings (SSSR count). The standard InChI is InChI=1S/C20H23N3O3/c1-14-4-3-11-23(13-14)17-9-10-18(21-12-17)19(24)22-16-7-5-15(6-8-16)20(25)26-2/h5-10,12,14H,3-4,11,13H2,1-2H3,(H,22,24). The third kappa shape index (κ3) is 4.20. The quantitative estimate of drug-likeness (QED) is 0.854. The molecule has 136 valence electrons. The molecule has 0 saturated carbocycles. The zero-order valence-electron chi connectivity index (χ0n) is 15.1. The van der Waals surface area contributed by atoms with Crippen molar-refractivity contribution in [1.29, 1.82) is 0 Å². The summed E-state index contributed by atoms with van der Waals surface area (Å²) in [4.78, 5) is 30.4. The maximum absolute atomic E-state index is 12.3. The molecule has 1 fully saturated rings. The van der Waals surface area contributed by atoms with Gasteiger partial charge in [0.05, 0.1) is 24.6 Å². The van der Waals surface area contributed by atoms with Gasteiger partial charge in [-0.25, -0.2) is 9.78 Å². The molecule has 1 atom stereocenters. The SMILES string of the molecule is COC(=O)c1ccc(NC(=O)c2ccc(N3CCCC(C)C3)cn2)cc1. The average Bonchev–Trinajstić information content (AvgIpc) is 2.68. The van der Waals surface area contributed by atoms with Crippen LogP contribution in [0.1, 0.15) is 40.6 Å². The van der Waals surface area contributed by atoms with Crippen LogP contribution >= 0.6 is 0 Å². The van der Waals surface area contributed by atoms with Crippen LogP contribution in [0.15, 0.2) is 42.6 Å². The summed E-state index contributed by atoms with van der Waals surface area (Å²) >= 11 is 0. The molecule has 6 heteroatoms. The number of rotatable bonds is 4. The van der Waals surface area contributed by atoms with E-state index in [1.807, 2.05) is 6.07 Å². The van der Waals surface area contributed by atoms with Crippen molar-refractivity contribution in [2.45, 2.75) is 19.8 Å². The fourth-order valence-electron chi connectivity index (χ4n) is 3.13. The van der Waals surface area contributed by atoms with E-state index < -0.39 is 5.97 Å². The first kappa shape index (κ1) is 17.9. The number of amides is 1. The van der Waals surface area contributed by atoms with Crippen LogP contribution in [0, 0.1) is 5.92 Å². The second kappa shape index (κ2) is 7.99. The number of anilines is 2. The number of esters is 1. The zero-order chi connectivity index (χ0) is 18.5. The fourth-order valence-corrected chi connectivity index (χ4v) is 3.13. The van der Waals surface area contributed by atoms with Gasteiger partial charge in [0.1, 0.15) is 5.69 Å². The highest BCUT2D eigenvalue weighted by molar-refractivity contribution is 6.03. The van der Waals surface area contributed by atoms with Crippen molar-refractivity contribution in [3.05, 3.63) is 53.9 Å². The summed E-state index contributed by atoms with van der Waals surface area (Å²) < 4.78 is 4.65. The first-order chi connectivity index (χ1) is 12.6. The Labute approximate surface area is 153 Å². The van der Waals surface area contributed by atoms with Gasteiger partial charge in [-0.05, 0) is 55.2 Å². The van der Waals surface area contributed by atoms with Crippen molar-refractivity contribution in [3.8, 4) is 0 Å². The predicted molar refractivity (Wildman–Crippen MR) is 101 cm³/mol. The van der Waals surface area contributed by atoms with Crippen molar-refractivity contribution in [3.63, 3.8) is 0 Å². The number of methoxy groups -OCH3 is 1. The summed E-state index contributed by atoms with van der Waals surface area (Å²) in [5.74, 6) is -0.0127. The Morgan fingerprint density at radius 2 is 1.96 bits per heavy atom. The van der Waals surface area contributed by atoms with Crippen molar-refractivity contribution in [1.82, 2.24) is 4.98 Å². The van der Waals surface area contributed by atoms with Gasteiger partial charge in [0, 0.05) is 18.8 Å². The molecule has 0 spiro atoms. The van der Waals surface area contributed by atoms with Gasteiger partial charge in [0.15, 0.2) is 0 Å². The fraction of sp³-hybridized carbons (Fsp3) is 0.350. The van der Waals surface area contributed by atoms with Crippen LogP contribution in [0.3, 0.4) is 0 Å². The summed E-state index contributed by atoms with van der Waals surface area (Å²) in [5, 5.41) is 2.78. The Balaban J connectivity index is 1.63. The predicted octanol–water partition coefficient (Wildman–Crippen LogP) is 3.36. The Bertz CT molecular complexity index is 772. The van der Waals surface area contributed by atoms with E-state index in [0.717, 1.165) is 18.8 Å². The number of hydrogen-bond acceptors (Lipinski definition) is 5. The van der Waals surface area contributed by atoms with E-state index in [9.17, 15) is 9.59 Å². The molecule has 1 amide bonds. The van der Waals surface area contributed by atoms with Gasteiger partial charge in [0.25, 0.3) is 5.91 Å². The molecule has 6 nitrogen and oxygen atoms in total. The van der Waals surface area contributed by atoms with Gasteiger partial charge in [-0.15, -0.1) is 0 Å². The van der Waals surface area contributed by atoms with Crippen LogP contribution in [0.4, 0.5) is 11.4 Å². The van der Waals surface area contributed by atoms with Crippen molar-refractivity contribution in [2.24, 2.45) is 5.92 Å². The van der Waals surface area contributed by atoms with Gasteiger partial charge in [-0.2, -0.15) is 0 Å². The minimum absolute atomic E-state index is 0.283. The van der Waals surface area contributed by atoms with E-state index >= 15 is 0 Å². The Morgan fingerprint density at radius 1 is 1.19 bits per heavy atom. The molecular weight excluding hydrogens is 330 g/mol. The molecule has 1 aromatic heterocycles. The van der Waals surface area contributed by atoms with Crippen LogP contribution in [0.25, 0.3) is 0 Å². The lowest BCUT2D eigenvalue weighted by atomic mass is 10.00. The van der Waals surface area contributed by atoms with Gasteiger partial charge in [0.2, 0.25) is 0 Å². The van der Waals surface area contributed by atoms with Gasteiger partial charge in [-0.1, -0.05) is 6.92 Å². The van der Waals surface area contributed by atoms with E-state index in [2.05, 4.69) is 26.9 Å². The molecule has 0 bridgehead atoms. The molecule has 1 unspecified atom stereocenters. The third-order valence-corrected chi connectivity index (χ3v) is 4.57. The molecule has 0 aliphatic carbocycles. The topological polar surface area (TPSA) is 71.5 Å². The number of hydrogen-bond donors (Lipinski definition) is 1. The second-order valence-corrected chi connectivity index (χ2v) is 6.62. The van der Waals surface area contributed by atoms with E-state index in [1.54, 1.807) is 36.5 Å². The van der Waals surface area contributed by atoms with E-state index in [1.165, 1.54) is 20.0 Å². The summed E-state index contributed by atoms with van der Waals surface area (Å²) in [5.41, 5.74) is 2.44. The number of piperidine rings is 1. The van der Waals surface area contributed by atoms with Crippen molar-refractivity contribution in [2.75, 3.05) is 30.4 Å². The molecule has 1 aliphatic heterocycles. The number of ether oxygens (including phenoxy) is 1. The summed E-state index contributed by atoms with van der Waals surface area (Å²) in [6.07, 6.45) is 4.21. The van der Waals surface area contributed by atoms with E-state index in [0.29, 0.717) is 22.9 Å². The van der Waals surface area contributed by atoms with Crippen LogP contribution in [-0.4, -0.2) is 37.1 Å². The third-order valence-electron chi connectivity index (χ3n) is 4.57. The summed E-state index contributed by atoms with van der Waals surface area (Å²) in [6.45, 7) is 4.32. The highest BCUT2D eigenvalue weighted by Crippen LogP contribution is 2.22. The lowest BCUT2D eigenvalue weighted by Crippen LogP contribution is -2.34. The Kier molecular flexibility index (Phi) is 5.51. The monoisotopic (exact) mass is 353 g/mol. The molecule has 26 heavy (non-hydrogen) atoms.